The molecule has 0 amide bonds. The number of rotatable bonds is 5. The largest absolute Gasteiger partial charge is 0.409 e. The van der Waals surface area contributed by atoms with E-state index in [0.717, 1.165) is 22.9 Å². The van der Waals surface area contributed by atoms with Gasteiger partial charge in [0.15, 0.2) is 5.84 Å². The zero-order valence-electron chi connectivity index (χ0n) is 10.5. The number of aryl methyl sites for hydroxylation is 1. The number of pyridine rings is 1. The van der Waals surface area contributed by atoms with Crippen LogP contribution in [0.1, 0.15) is 31.5 Å². The van der Waals surface area contributed by atoms with Gasteiger partial charge in [-0.1, -0.05) is 25.4 Å². The highest BCUT2D eigenvalue weighted by Gasteiger charge is 2.11. The van der Waals surface area contributed by atoms with E-state index in [0.29, 0.717) is 11.5 Å². The van der Waals surface area contributed by atoms with E-state index >= 15 is 0 Å². The van der Waals surface area contributed by atoms with Gasteiger partial charge in [-0.3, -0.25) is 0 Å². The highest BCUT2D eigenvalue weighted by Crippen LogP contribution is 2.24. The molecule has 3 N–H and O–H groups in total. The molecule has 1 atom stereocenters. The summed E-state index contributed by atoms with van der Waals surface area (Å²) in [5.74, 6) is 1.73. The first kappa shape index (κ1) is 13.8. The van der Waals surface area contributed by atoms with Crippen LogP contribution in [-0.4, -0.2) is 21.8 Å². The monoisotopic (exact) mass is 253 g/mol. The number of oxime groups is 1. The fourth-order valence-electron chi connectivity index (χ4n) is 1.23. The maximum atomic E-state index is 8.73. The summed E-state index contributed by atoms with van der Waals surface area (Å²) in [6.45, 7) is 6.30. The van der Waals surface area contributed by atoms with E-state index in [1.165, 1.54) is 0 Å². The van der Waals surface area contributed by atoms with Gasteiger partial charge in [-0.25, -0.2) is 4.98 Å². The minimum absolute atomic E-state index is 0.115. The first-order chi connectivity index (χ1) is 8.08. The Balaban J connectivity index is 2.91. The first-order valence-corrected chi connectivity index (χ1v) is 6.65. The van der Waals surface area contributed by atoms with Crippen molar-refractivity contribution in [1.82, 2.24) is 4.98 Å². The molecule has 5 heteroatoms. The van der Waals surface area contributed by atoms with E-state index in [9.17, 15) is 0 Å². The van der Waals surface area contributed by atoms with Gasteiger partial charge in [0.05, 0.1) is 5.56 Å². The molecule has 0 radical (unpaired) electrons. The van der Waals surface area contributed by atoms with Crippen molar-refractivity contribution in [2.45, 2.75) is 32.2 Å². The average molecular weight is 253 g/mol. The second kappa shape index (κ2) is 6.49. The number of thioether (sulfide) groups is 1. The molecular formula is C12H19N3OS. The SMILES string of the molecule is CCC(C)CSc1nc(C)ccc1/C(N)=N/O. The van der Waals surface area contributed by atoms with E-state index in [1.807, 2.05) is 19.1 Å². The molecule has 0 aliphatic carbocycles. The maximum Gasteiger partial charge on any atom is 0.172 e. The van der Waals surface area contributed by atoms with Crippen LogP contribution in [0.15, 0.2) is 22.3 Å². The van der Waals surface area contributed by atoms with E-state index in [-0.39, 0.29) is 5.84 Å². The predicted molar refractivity (Wildman–Crippen MR) is 71.7 cm³/mol. The Morgan fingerprint density at radius 2 is 2.29 bits per heavy atom. The van der Waals surface area contributed by atoms with E-state index in [4.69, 9.17) is 10.9 Å². The van der Waals surface area contributed by atoms with Gasteiger partial charge in [-0.05, 0) is 25.0 Å². The first-order valence-electron chi connectivity index (χ1n) is 5.66. The molecule has 0 fully saturated rings. The van der Waals surface area contributed by atoms with Crippen LogP contribution in [-0.2, 0) is 0 Å². The second-order valence-corrected chi connectivity index (χ2v) is 5.12. The zero-order valence-corrected chi connectivity index (χ0v) is 11.3. The number of nitrogens with two attached hydrogens (primary N) is 1. The third-order valence-electron chi connectivity index (χ3n) is 2.58. The highest BCUT2D eigenvalue weighted by atomic mass is 32.2. The molecule has 1 unspecified atom stereocenters. The van der Waals surface area contributed by atoms with Gasteiger partial charge in [-0.2, -0.15) is 0 Å². The topological polar surface area (TPSA) is 71.5 Å². The molecule has 0 bridgehead atoms. The molecule has 0 saturated heterocycles. The Bertz CT molecular complexity index is 407. The van der Waals surface area contributed by atoms with Crippen LogP contribution in [0.25, 0.3) is 0 Å². The van der Waals surface area contributed by atoms with E-state index in [2.05, 4.69) is 24.0 Å². The molecule has 1 aromatic rings. The second-order valence-electron chi connectivity index (χ2n) is 4.12. The lowest BCUT2D eigenvalue weighted by molar-refractivity contribution is 0.318. The maximum absolute atomic E-state index is 8.73. The van der Waals surface area contributed by atoms with Crippen molar-refractivity contribution < 1.29 is 5.21 Å². The molecular weight excluding hydrogens is 234 g/mol. The van der Waals surface area contributed by atoms with Crippen LogP contribution in [0.2, 0.25) is 0 Å². The standard InChI is InChI=1S/C12H19N3OS/c1-4-8(2)7-17-12-10(11(13)15-16)6-5-9(3)14-12/h5-6,8,16H,4,7H2,1-3H3,(H2,13,15). The summed E-state index contributed by atoms with van der Waals surface area (Å²) in [4.78, 5) is 4.44. The Labute approximate surface area is 106 Å². The van der Waals surface area contributed by atoms with Gasteiger partial charge < -0.3 is 10.9 Å². The quantitative estimate of drug-likeness (QED) is 0.278. The highest BCUT2D eigenvalue weighted by molar-refractivity contribution is 7.99. The third kappa shape index (κ3) is 3.93. The molecule has 4 nitrogen and oxygen atoms in total. The van der Waals surface area contributed by atoms with Gasteiger partial charge in [-0.15, -0.1) is 11.8 Å². The molecule has 17 heavy (non-hydrogen) atoms. The fourth-order valence-corrected chi connectivity index (χ4v) is 2.45. The van der Waals surface area contributed by atoms with E-state index < -0.39 is 0 Å². The third-order valence-corrected chi connectivity index (χ3v) is 3.91. The van der Waals surface area contributed by atoms with Crippen molar-refractivity contribution >= 4 is 17.6 Å². The van der Waals surface area contributed by atoms with Gasteiger partial charge in [0.2, 0.25) is 0 Å². The Morgan fingerprint density at radius 1 is 1.59 bits per heavy atom. The van der Waals surface area contributed by atoms with Crippen molar-refractivity contribution in [3.05, 3.63) is 23.4 Å². The van der Waals surface area contributed by atoms with Crippen LogP contribution in [0, 0.1) is 12.8 Å². The molecule has 0 aliphatic rings. The van der Waals surface area contributed by atoms with Crippen molar-refractivity contribution in [3.63, 3.8) is 0 Å². The molecule has 0 aliphatic heterocycles. The predicted octanol–water partition coefficient (Wildman–Crippen LogP) is 2.62. The number of nitrogens with zero attached hydrogens (tertiary/aromatic N) is 2. The molecule has 1 aromatic heterocycles. The summed E-state index contributed by atoms with van der Waals surface area (Å²) >= 11 is 1.65. The van der Waals surface area contributed by atoms with Gasteiger partial charge >= 0.3 is 0 Å². The molecule has 1 rings (SSSR count). The molecule has 94 valence electrons. The Morgan fingerprint density at radius 3 is 2.88 bits per heavy atom. The van der Waals surface area contributed by atoms with Crippen LogP contribution in [0.3, 0.4) is 0 Å². The molecule has 0 aromatic carbocycles. The Kier molecular flexibility index (Phi) is 5.28. The summed E-state index contributed by atoms with van der Waals surface area (Å²) in [7, 11) is 0. The summed E-state index contributed by atoms with van der Waals surface area (Å²) in [5, 5.41) is 12.6. The van der Waals surface area contributed by atoms with Crippen LogP contribution in [0.4, 0.5) is 0 Å². The van der Waals surface area contributed by atoms with Crippen molar-refractivity contribution in [2.75, 3.05) is 5.75 Å². The lowest BCUT2D eigenvalue weighted by Gasteiger charge is -2.10. The molecule has 0 saturated carbocycles. The Hall–Kier alpha value is -1.23. The molecule has 1 heterocycles. The lowest BCUT2D eigenvalue weighted by atomic mass is 10.2. The van der Waals surface area contributed by atoms with Gasteiger partial charge in [0.25, 0.3) is 0 Å². The van der Waals surface area contributed by atoms with Crippen LogP contribution in [0.5, 0.6) is 0 Å². The minimum atomic E-state index is 0.115. The normalized spacial score (nSPS) is 13.7. The van der Waals surface area contributed by atoms with Gasteiger partial charge in [0, 0.05) is 11.4 Å². The van der Waals surface area contributed by atoms with Crippen molar-refractivity contribution in [3.8, 4) is 0 Å². The van der Waals surface area contributed by atoms with Gasteiger partial charge in [0.1, 0.15) is 5.03 Å². The van der Waals surface area contributed by atoms with Crippen molar-refractivity contribution in [1.29, 1.82) is 0 Å². The molecule has 0 spiro atoms. The number of hydrogen-bond donors (Lipinski definition) is 2. The summed E-state index contributed by atoms with van der Waals surface area (Å²) in [6.07, 6.45) is 1.14. The average Bonchev–Trinajstić information content (AvgIpc) is 2.35. The zero-order chi connectivity index (χ0) is 12.8. The summed E-state index contributed by atoms with van der Waals surface area (Å²) < 4.78 is 0. The van der Waals surface area contributed by atoms with Crippen LogP contribution >= 0.6 is 11.8 Å². The summed E-state index contributed by atoms with van der Waals surface area (Å²) in [5.41, 5.74) is 7.27. The number of amidine groups is 1. The van der Waals surface area contributed by atoms with Crippen LogP contribution < -0.4 is 5.73 Å². The number of aromatic nitrogens is 1. The van der Waals surface area contributed by atoms with E-state index in [1.54, 1.807) is 11.8 Å². The fraction of sp³-hybridized carbons (Fsp3) is 0.500. The lowest BCUT2D eigenvalue weighted by Crippen LogP contribution is -2.15. The minimum Gasteiger partial charge on any atom is -0.409 e. The number of hydrogen-bond acceptors (Lipinski definition) is 4. The summed E-state index contributed by atoms with van der Waals surface area (Å²) in [6, 6.07) is 3.71. The van der Waals surface area contributed by atoms with Crippen molar-refractivity contribution in [2.24, 2.45) is 16.8 Å². The smallest absolute Gasteiger partial charge is 0.172 e.